The molecule has 0 radical (unpaired) electrons. The third-order valence-electron chi connectivity index (χ3n) is 7.84. The molecule has 1 saturated carbocycles. The summed E-state index contributed by atoms with van der Waals surface area (Å²) in [6, 6.07) is 8.74. The number of rotatable bonds is 2. The van der Waals surface area contributed by atoms with Gasteiger partial charge in [-0.05, 0) is 62.0 Å². The Kier molecular flexibility index (Phi) is 4.19. The molecule has 1 aromatic rings. The molecule has 0 aromatic heterocycles. The smallest absolute Gasteiger partial charge is 0.310 e. The fourth-order valence-corrected chi connectivity index (χ4v) is 6.31. The van der Waals surface area contributed by atoms with Crippen LogP contribution in [0.25, 0.3) is 0 Å². The second kappa shape index (κ2) is 6.48. The SMILES string of the molecule is CC1=C2CC3C(CC2(C)CCC1)OC(=O)C3CN1CCc2ccccc2C1. The number of fused-ring (bicyclic) bond motifs is 3. The molecule has 3 nitrogen and oxygen atoms in total. The Balaban J connectivity index is 1.35. The number of nitrogens with zero attached hydrogens (tertiary/aromatic N) is 1. The highest BCUT2D eigenvalue weighted by Gasteiger charge is 2.53. The van der Waals surface area contributed by atoms with Crippen molar-refractivity contribution in [3.63, 3.8) is 0 Å². The Morgan fingerprint density at radius 2 is 2.04 bits per heavy atom. The minimum Gasteiger partial charge on any atom is -0.462 e. The van der Waals surface area contributed by atoms with Crippen LogP contribution < -0.4 is 0 Å². The number of carbonyl (C=O) groups excluding carboxylic acids is 1. The van der Waals surface area contributed by atoms with E-state index in [1.807, 2.05) is 0 Å². The highest BCUT2D eigenvalue weighted by molar-refractivity contribution is 5.76. The van der Waals surface area contributed by atoms with E-state index in [0.717, 1.165) is 38.9 Å². The van der Waals surface area contributed by atoms with Gasteiger partial charge in [-0.1, -0.05) is 42.3 Å². The molecular formula is C24H31NO2. The monoisotopic (exact) mass is 365 g/mol. The second-order valence-electron chi connectivity index (χ2n) is 9.58. The summed E-state index contributed by atoms with van der Waals surface area (Å²) in [6.07, 6.45) is 7.13. The standard InChI is InChI=1S/C24H31NO2/c1-16-6-5-10-24(2)13-22-19(12-21(16)24)20(23(26)27-22)15-25-11-9-17-7-3-4-8-18(17)14-25/h3-4,7-8,19-20,22H,5-6,9-15H2,1-2H3. The third-order valence-corrected chi connectivity index (χ3v) is 7.84. The Bertz CT molecular complexity index is 797. The van der Waals surface area contributed by atoms with Gasteiger partial charge in [0, 0.05) is 25.6 Å². The van der Waals surface area contributed by atoms with E-state index in [9.17, 15) is 4.79 Å². The van der Waals surface area contributed by atoms with Gasteiger partial charge in [0.25, 0.3) is 0 Å². The highest BCUT2D eigenvalue weighted by atomic mass is 16.6. The number of benzene rings is 1. The van der Waals surface area contributed by atoms with Crippen molar-refractivity contribution in [1.29, 1.82) is 0 Å². The zero-order valence-electron chi connectivity index (χ0n) is 16.7. The predicted molar refractivity (Wildman–Crippen MR) is 106 cm³/mol. The molecule has 2 aliphatic heterocycles. The molecule has 2 fully saturated rings. The average Bonchev–Trinajstić information content (AvgIpc) is 2.94. The molecular weight excluding hydrogens is 334 g/mol. The van der Waals surface area contributed by atoms with Gasteiger partial charge in [-0.2, -0.15) is 0 Å². The highest BCUT2D eigenvalue weighted by Crippen LogP contribution is 2.55. The first-order chi connectivity index (χ1) is 13.0. The molecule has 144 valence electrons. The van der Waals surface area contributed by atoms with Gasteiger partial charge in [0.15, 0.2) is 0 Å². The number of hydrogen-bond donors (Lipinski definition) is 0. The van der Waals surface area contributed by atoms with E-state index < -0.39 is 0 Å². The van der Waals surface area contributed by atoms with Crippen molar-refractivity contribution in [3.8, 4) is 0 Å². The predicted octanol–water partition coefficient (Wildman–Crippen LogP) is 4.50. The maximum Gasteiger partial charge on any atom is 0.310 e. The fourth-order valence-electron chi connectivity index (χ4n) is 6.31. The molecule has 4 aliphatic rings. The lowest BCUT2D eigenvalue weighted by atomic mass is 9.59. The zero-order valence-corrected chi connectivity index (χ0v) is 16.7. The fraction of sp³-hybridized carbons (Fsp3) is 0.625. The van der Waals surface area contributed by atoms with Crippen molar-refractivity contribution in [2.24, 2.45) is 17.3 Å². The Morgan fingerprint density at radius 3 is 2.89 bits per heavy atom. The number of ether oxygens (including phenoxy) is 1. The first-order valence-electron chi connectivity index (χ1n) is 10.7. The van der Waals surface area contributed by atoms with Crippen LogP contribution in [0.15, 0.2) is 35.4 Å². The molecule has 27 heavy (non-hydrogen) atoms. The van der Waals surface area contributed by atoms with Crippen molar-refractivity contribution in [1.82, 2.24) is 4.90 Å². The summed E-state index contributed by atoms with van der Waals surface area (Å²) in [7, 11) is 0. The third kappa shape index (κ3) is 2.95. The average molecular weight is 366 g/mol. The van der Waals surface area contributed by atoms with E-state index in [1.165, 1.54) is 30.4 Å². The second-order valence-corrected chi connectivity index (χ2v) is 9.58. The van der Waals surface area contributed by atoms with Crippen LogP contribution in [0.4, 0.5) is 0 Å². The maximum atomic E-state index is 12.8. The van der Waals surface area contributed by atoms with Crippen LogP contribution in [-0.4, -0.2) is 30.1 Å². The van der Waals surface area contributed by atoms with E-state index in [-0.39, 0.29) is 23.4 Å². The lowest BCUT2D eigenvalue weighted by Gasteiger charge is -2.46. The Labute approximate surface area is 162 Å². The minimum absolute atomic E-state index is 0.0482. The Morgan fingerprint density at radius 1 is 1.22 bits per heavy atom. The van der Waals surface area contributed by atoms with Gasteiger partial charge in [-0.15, -0.1) is 0 Å². The molecule has 4 atom stereocenters. The first-order valence-corrected chi connectivity index (χ1v) is 10.7. The summed E-state index contributed by atoms with van der Waals surface area (Å²) in [5, 5.41) is 0. The van der Waals surface area contributed by atoms with Gasteiger partial charge in [-0.3, -0.25) is 9.69 Å². The first kappa shape index (κ1) is 17.5. The minimum atomic E-state index is 0.0482. The van der Waals surface area contributed by atoms with Crippen molar-refractivity contribution in [3.05, 3.63) is 46.5 Å². The van der Waals surface area contributed by atoms with E-state index in [4.69, 9.17) is 4.74 Å². The van der Waals surface area contributed by atoms with E-state index in [0.29, 0.717) is 5.92 Å². The summed E-state index contributed by atoms with van der Waals surface area (Å²) in [4.78, 5) is 15.3. The zero-order chi connectivity index (χ0) is 18.6. The number of carbonyl (C=O) groups is 1. The summed E-state index contributed by atoms with van der Waals surface area (Å²) < 4.78 is 5.95. The molecule has 5 rings (SSSR count). The molecule has 1 aromatic carbocycles. The van der Waals surface area contributed by atoms with Gasteiger partial charge < -0.3 is 4.74 Å². The van der Waals surface area contributed by atoms with Crippen LogP contribution >= 0.6 is 0 Å². The van der Waals surface area contributed by atoms with E-state index >= 15 is 0 Å². The van der Waals surface area contributed by atoms with Gasteiger partial charge >= 0.3 is 5.97 Å². The summed E-state index contributed by atoms with van der Waals surface area (Å²) in [5.41, 5.74) is 6.41. The molecule has 0 amide bonds. The summed E-state index contributed by atoms with van der Waals surface area (Å²) in [6.45, 7) is 7.61. The van der Waals surface area contributed by atoms with Crippen LogP contribution in [0.2, 0.25) is 0 Å². The normalized spacial score (nSPS) is 36.1. The van der Waals surface area contributed by atoms with Crippen LogP contribution in [-0.2, 0) is 22.5 Å². The molecule has 0 bridgehead atoms. The molecule has 2 heterocycles. The summed E-state index contributed by atoms with van der Waals surface area (Å²) >= 11 is 0. The Hall–Kier alpha value is -1.61. The quantitative estimate of drug-likeness (QED) is 0.571. The van der Waals surface area contributed by atoms with Crippen LogP contribution in [0, 0.1) is 17.3 Å². The van der Waals surface area contributed by atoms with Crippen LogP contribution in [0.5, 0.6) is 0 Å². The summed E-state index contributed by atoms with van der Waals surface area (Å²) in [5.74, 6) is 0.488. The molecule has 0 N–H and O–H groups in total. The van der Waals surface area contributed by atoms with Crippen molar-refractivity contribution in [2.75, 3.05) is 13.1 Å². The number of esters is 1. The molecule has 3 heteroatoms. The van der Waals surface area contributed by atoms with Gasteiger partial charge in [0.1, 0.15) is 6.10 Å². The molecule has 4 unspecified atom stereocenters. The maximum absolute atomic E-state index is 12.8. The molecule has 0 spiro atoms. The van der Waals surface area contributed by atoms with E-state index in [2.05, 4.69) is 43.0 Å². The molecule has 1 saturated heterocycles. The van der Waals surface area contributed by atoms with E-state index in [1.54, 1.807) is 11.1 Å². The largest absolute Gasteiger partial charge is 0.462 e. The molecule has 2 aliphatic carbocycles. The van der Waals surface area contributed by atoms with Gasteiger partial charge in [0.05, 0.1) is 5.92 Å². The van der Waals surface area contributed by atoms with Crippen LogP contribution in [0.3, 0.4) is 0 Å². The van der Waals surface area contributed by atoms with Gasteiger partial charge in [-0.25, -0.2) is 0 Å². The van der Waals surface area contributed by atoms with Gasteiger partial charge in [0.2, 0.25) is 0 Å². The van der Waals surface area contributed by atoms with Crippen LogP contribution in [0.1, 0.15) is 57.1 Å². The van der Waals surface area contributed by atoms with Crippen molar-refractivity contribution >= 4 is 5.97 Å². The number of hydrogen-bond acceptors (Lipinski definition) is 3. The topological polar surface area (TPSA) is 29.5 Å². The van der Waals surface area contributed by atoms with Crippen molar-refractivity contribution in [2.45, 2.75) is 65.0 Å². The number of allylic oxidation sites excluding steroid dienone is 2. The lowest BCUT2D eigenvalue weighted by Crippen LogP contribution is -2.42. The van der Waals surface area contributed by atoms with Crippen molar-refractivity contribution < 1.29 is 9.53 Å². The lowest BCUT2D eigenvalue weighted by molar-refractivity contribution is -0.145.